The van der Waals surface area contributed by atoms with Crippen LogP contribution in [0.2, 0.25) is 0 Å². The minimum absolute atomic E-state index is 0.179. The Kier molecular flexibility index (Phi) is 4.77. The molecule has 2 aromatic carbocycles. The van der Waals surface area contributed by atoms with Gasteiger partial charge in [0.1, 0.15) is 10.6 Å². The lowest BCUT2D eigenvalue weighted by Crippen LogP contribution is -2.29. The Morgan fingerprint density at radius 1 is 1.15 bits per heavy atom. The molecule has 2 N–H and O–H groups in total. The average molecular weight is 388 g/mol. The van der Waals surface area contributed by atoms with E-state index in [1.54, 1.807) is 38.1 Å². The van der Waals surface area contributed by atoms with Crippen LogP contribution >= 0.6 is 0 Å². The van der Waals surface area contributed by atoms with E-state index in [-0.39, 0.29) is 5.69 Å². The lowest BCUT2D eigenvalue weighted by molar-refractivity contribution is -0.117. The second-order valence-corrected chi connectivity index (χ2v) is 7.34. The summed E-state index contributed by atoms with van der Waals surface area (Å²) in [5, 5.41) is 23.2. The molecule has 3 rings (SSSR count). The Balaban J connectivity index is 1.93. The Bertz CT molecular complexity index is 1060. The molecular formula is C17H16N4O5S. The number of nitrogens with zero attached hydrogens (tertiary/aromatic N) is 4. The maximum Gasteiger partial charge on any atom is 0.298 e. The van der Waals surface area contributed by atoms with Crippen LogP contribution in [-0.2, 0) is 14.9 Å². The summed E-state index contributed by atoms with van der Waals surface area (Å²) in [5.74, 6) is -1.17. The van der Waals surface area contributed by atoms with Crippen molar-refractivity contribution in [1.29, 1.82) is 0 Å². The van der Waals surface area contributed by atoms with E-state index in [1.807, 2.05) is 6.07 Å². The van der Waals surface area contributed by atoms with Crippen molar-refractivity contribution in [1.82, 2.24) is 0 Å². The standard InChI is InChI=1S/C17H16N4O5S/c1-10-8-13(16(22)14(9-10)27(24,25)26)18-19-15-11(2)20-21(17(15)23)12-6-4-3-5-7-12/h3-9,15,22H,1-2H3,(H,24,25,26). The molecule has 0 fully saturated rings. The zero-order valence-electron chi connectivity index (χ0n) is 14.4. The van der Waals surface area contributed by atoms with Crippen molar-refractivity contribution in [3.05, 3.63) is 48.0 Å². The van der Waals surface area contributed by atoms with Crippen LogP contribution in [0.5, 0.6) is 5.75 Å². The molecule has 140 valence electrons. The molecule has 2 aromatic rings. The Morgan fingerprint density at radius 3 is 2.44 bits per heavy atom. The highest BCUT2D eigenvalue weighted by Crippen LogP contribution is 2.35. The summed E-state index contributed by atoms with van der Waals surface area (Å²) < 4.78 is 31.9. The van der Waals surface area contributed by atoms with Crippen molar-refractivity contribution in [3.8, 4) is 5.75 Å². The van der Waals surface area contributed by atoms with Gasteiger partial charge in [0, 0.05) is 0 Å². The predicted octanol–water partition coefficient (Wildman–Crippen LogP) is 2.82. The number of phenolic OH excluding ortho intramolecular Hbond substituents is 1. The molecule has 0 radical (unpaired) electrons. The smallest absolute Gasteiger partial charge is 0.298 e. The fourth-order valence-electron chi connectivity index (χ4n) is 2.56. The summed E-state index contributed by atoms with van der Waals surface area (Å²) in [6.45, 7) is 3.18. The van der Waals surface area contributed by atoms with Crippen molar-refractivity contribution in [2.45, 2.75) is 24.8 Å². The summed E-state index contributed by atoms with van der Waals surface area (Å²) in [4.78, 5) is 11.9. The largest absolute Gasteiger partial charge is 0.504 e. The third-order valence-corrected chi connectivity index (χ3v) is 4.72. The number of aryl methyl sites for hydroxylation is 1. The van der Waals surface area contributed by atoms with Gasteiger partial charge >= 0.3 is 0 Å². The second-order valence-electron chi connectivity index (χ2n) is 5.95. The van der Waals surface area contributed by atoms with Crippen LogP contribution in [0.25, 0.3) is 0 Å². The quantitative estimate of drug-likeness (QED) is 0.614. The number of para-hydroxylation sites is 1. The minimum atomic E-state index is -4.63. The first kappa shape index (κ1) is 18.7. The van der Waals surface area contributed by atoms with Crippen molar-refractivity contribution in [2.24, 2.45) is 15.3 Å². The molecule has 0 aromatic heterocycles. The number of phenols is 1. The lowest BCUT2D eigenvalue weighted by Gasteiger charge is -2.12. The minimum Gasteiger partial charge on any atom is -0.504 e. The first-order chi connectivity index (χ1) is 12.7. The number of amides is 1. The normalized spacial score (nSPS) is 17.6. The van der Waals surface area contributed by atoms with Gasteiger partial charge in [-0.15, -0.1) is 0 Å². The topological polar surface area (TPSA) is 132 Å². The third-order valence-electron chi connectivity index (χ3n) is 3.85. The molecule has 1 aliphatic heterocycles. The number of hydrogen-bond acceptors (Lipinski definition) is 7. The van der Waals surface area contributed by atoms with E-state index in [0.29, 0.717) is 17.0 Å². The Hall–Kier alpha value is -3.11. The maximum atomic E-state index is 12.6. The van der Waals surface area contributed by atoms with Crippen molar-refractivity contribution in [3.63, 3.8) is 0 Å². The molecule has 1 unspecified atom stereocenters. The summed E-state index contributed by atoms with van der Waals surface area (Å²) >= 11 is 0. The molecule has 10 heteroatoms. The van der Waals surface area contributed by atoms with Gasteiger partial charge in [0.15, 0.2) is 11.8 Å². The highest BCUT2D eigenvalue weighted by Gasteiger charge is 2.34. The van der Waals surface area contributed by atoms with E-state index in [4.69, 9.17) is 0 Å². The molecule has 0 saturated heterocycles. The van der Waals surface area contributed by atoms with Crippen molar-refractivity contribution in [2.75, 3.05) is 5.01 Å². The summed E-state index contributed by atoms with van der Waals surface area (Å²) in [5.41, 5.74) is 1.23. The van der Waals surface area contributed by atoms with E-state index in [0.717, 1.165) is 6.07 Å². The first-order valence-electron chi connectivity index (χ1n) is 7.84. The SMILES string of the molecule is CC1=NN(c2ccccc2)C(=O)C1N=Nc1cc(C)cc(S(=O)(=O)O)c1O. The number of carbonyl (C=O) groups is 1. The number of aromatic hydroxyl groups is 1. The summed E-state index contributed by atoms with van der Waals surface area (Å²) in [6, 6.07) is 10.3. The number of azo groups is 1. The van der Waals surface area contributed by atoms with E-state index >= 15 is 0 Å². The van der Waals surface area contributed by atoms with Gasteiger partial charge in [-0.25, -0.2) is 0 Å². The number of hydrogen-bond donors (Lipinski definition) is 2. The van der Waals surface area contributed by atoms with Gasteiger partial charge in [-0.1, -0.05) is 18.2 Å². The maximum absolute atomic E-state index is 12.6. The van der Waals surface area contributed by atoms with E-state index in [9.17, 15) is 22.9 Å². The zero-order valence-corrected chi connectivity index (χ0v) is 15.3. The Morgan fingerprint density at radius 2 is 1.81 bits per heavy atom. The molecule has 1 atom stereocenters. The van der Waals surface area contributed by atoms with Crippen molar-refractivity contribution < 1.29 is 22.9 Å². The predicted molar refractivity (Wildman–Crippen MR) is 98.0 cm³/mol. The highest BCUT2D eigenvalue weighted by atomic mass is 32.2. The van der Waals surface area contributed by atoms with E-state index in [2.05, 4.69) is 15.3 Å². The van der Waals surface area contributed by atoms with Crippen LogP contribution in [0, 0.1) is 6.92 Å². The van der Waals surface area contributed by atoms with Crippen LogP contribution < -0.4 is 5.01 Å². The molecule has 0 saturated carbocycles. The zero-order chi connectivity index (χ0) is 19.8. The van der Waals surface area contributed by atoms with Gasteiger partial charge in [0.2, 0.25) is 0 Å². The molecule has 0 aliphatic carbocycles. The number of hydrazone groups is 1. The first-order valence-corrected chi connectivity index (χ1v) is 9.28. The molecule has 0 bridgehead atoms. The average Bonchev–Trinajstić information content (AvgIpc) is 2.89. The van der Waals surface area contributed by atoms with Crippen LogP contribution in [0.15, 0.2) is 62.7 Å². The van der Waals surface area contributed by atoms with Gasteiger partial charge in [-0.2, -0.15) is 28.8 Å². The summed E-state index contributed by atoms with van der Waals surface area (Å²) in [6.07, 6.45) is 0. The molecule has 0 spiro atoms. The summed E-state index contributed by atoms with van der Waals surface area (Å²) in [7, 11) is -4.63. The number of carbonyl (C=O) groups excluding carboxylic acids is 1. The van der Waals surface area contributed by atoms with Crippen LogP contribution in [0.4, 0.5) is 11.4 Å². The third kappa shape index (κ3) is 3.71. The molecule has 1 amide bonds. The van der Waals surface area contributed by atoms with Crippen molar-refractivity contribution >= 4 is 33.1 Å². The van der Waals surface area contributed by atoms with Crippen LogP contribution in [-0.4, -0.2) is 35.7 Å². The van der Waals surface area contributed by atoms with Gasteiger partial charge in [0.25, 0.3) is 16.0 Å². The van der Waals surface area contributed by atoms with Gasteiger partial charge in [0.05, 0.1) is 11.4 Å². The number of anilines is 1. The van der Waals surface area contributed by atoms with Gasteiger partial charge in [-0.3, -0.25) is 9.35 Å². The number of rotatable bonds is 4. The van der Waals surface area contributed by atoms with E-state index in [1.165, 1.54) is 11.1 Å². The molecule has 1 aliphatic rings. The monoisotopic (exact) mass is 388 g/mol. The van der Waals surface area contributed by atoms with Crippen LogP contribution in [0.3, 0.4) is 0 Å². The molecule has 9 nitrogen and oxygen atoms in total. The van der Waals surface area contributed by atoms with Gasteiger partial charge < -0.3 is 5.11 Å². The number of benzene rings is 2. The highest BCUT2D eigenvalue weighted by molar-refractivity contribution is 7.86. The Labute approximate surface area is 155 Å². The fraction of sp³-hybridized carbons (Fsp3) is 0.176. The second kappa shape index (κ2) is 6.89. The molecule has 1 heterocycles. The lowest BCUT2D eigenvalue weighted by atomic mass is 10.2. The van der Waals surface area contributed by atoms with E-state index < -0.39 is 32.7 Å². The fourth-order valence-corrected chi connectivity index (χ4v) is 3.25. The van der Waals surface area contributed by atoms with Gasteiger partial charge in [-0.05, 0) is 43.7 Å². The van der Waals surface area contributed by atoms with Crippen LogP contribution in [0.1, 0.15) is 12.5 Å². The molecular weight excluding hydrogens is 372 g/mol. The molecule has 27 heavy (non-hydrogen) atoms.